The van der Waals surface area contributed by atoms with Crippen LogP contribution in [0.15, 0.2) is 41.4 Å². The molecule has 4 heterocycles. The van der Waals surface area contributed by atoms with E-state index >= 15 is 0 Å². The Balaban J connectivity index is 1.32. The molecule has 3 atom stereocenters. The van der Waals surface area contributed by atoms with Gasteiger partial charge in [-0.05, 0) is 50.7 Å². The molecule has 1 aromatic carbocycles. The zero-order valence-corrected chi connectivity index (χ0v) is 18.2. The van der Waals surface area contributed by atoms with Gasteiger partial charge in [0.25, 0.3) is 0 Å². The van der Waals surface area contributed by atoms with Crippen LogP contribution in [0.5, 0.6) is 0 Å². The van der Waals surface area contributed by atoms with Crippen molar-refractivity contribution in [2.45, 2.75) is 67.6 Å². The van der Waals surface area contributed by atoms with Crippen LogP contribution in [-0.2, 0) is 10.0 Å². The van der Waals surface area contributed by atoms with Gasteiger partial charge in [-0.15, -0.1) is 0 Å². The molecule has 0 aliphatic carbocycles. The van der Waals surface area contributed by atoms with Crippen molar-refractivity contribution in [3.05, 3.63) is 36.5 Å². The summed E-state index contributed by atoms with van der Waals surface area (Å²) in [4.78, 5) is 19.4. The van der Waals surface area contributed by atoms with Gasteiger partial charge in [0, 0.05) is 42.8 Å². The highest BCUT2D eigenvalue weighted by Gasteiger charge is 2.43. The van der Waals surface area contributed by atoms with Gasteiger partial charge in [-0.1, -0.05) is 18.2 Å². The summed E-state index contributed by atoms with van der Waals surface area (Å²) in [5.74, 6) is 0. The SMILES string of the molecule is O=C(NC1CCCN(S(=O)(=O)c2cccc3cccnc23)C1)N1C2CCC1CC(O)C2. The number of pyridine rings is 1. The van der Waals surface area contributed by atoms with E-state index in [1.54, 1.807) is 24.4 Å². The van der Waals surface area contributed by atoms with Gasteiger partial charge >= 0.3 is 6.03 Å². The van der Waals surface area contributed by atoms with Gasteiger partial charge in [0.1, 0.15) is 4.90 Å². The van der Waals surface area contributed by atoms with E-state index in [1.807, 2.05) is 17.0 Å². The van der Waals surface area contributed by atoms with E-state index in [0.29, 0.717) is 31.3 Å². The molecule has 3 fully saturated rings. The summed E-state index contributed by atoms with van der Waals surface area (Å²) in [6, 6.07) is 8.63. The van der Waals surface area contributed by atoms with Crippen molar-refractivity contribution in [1.82, 2.24) is 19.5 Å². The van der Waals surface area contributed by atoms with Gasteiger partial charge in [0.15, 0.2) is 0 Å². The van der Waals surface area contributed by atoms with Crippen LogP contribution in [0.2, 0.25) is 0 Å². The molecular formula is C22H28N4O4S. The van der Waals surface area contributed by atoms with E-state index in [0.717, 1.165) is 24.6 Å². The number of carbonyl (C=O) groups excluding carboxylic acids is 1. The van der Waals surface area contributed by atoms with Gasteiger partial charge in [0.05, 0.1) is 11.6 Å². The number of hydrogen-bond donors (Lipinski definition) is 2. The Morgan fingerprint density at radius 1 is 1.10 bits per heavy atom. The van der Waals surface area contributed by atoms with Crippen LogP contribution < -0.4 is 5.32 Å². The lowest BCUT2D eigenvalue weighted by molar-refractivity contribution is 0.0528. The first kappa shape index (κ1) is 20.7. The largest absolute Gasteiger partial charge is 0.393 e. The molecule has 166 valence electrons. The van der Waals surface area contributed by atoms with E-state index < -0.39 is 10.0 Å². The quantitative estimate of drug-likeness (QED) is 0.755. The number of sulfonamides is 1. The van der Waals surface area contributed by atoms with Crippen molar-refractivity contribution < 1.29 is 18.3 Å². The van der Waals surface area contributed by atoms with E-state index in [2.05, 4.69) is 10.3 Å². The van der Waals surface area contributed by atoms with E-state index in [4.69, 9.17) is 0 Å². The smallest absolute Gasteiger partial charge is 0.318 e. The third-order valence-corrected chi connectivity index (χ3v) is 8.76. The van der Waals surface area contributed by atoms with Crippen LogP contribution >= 0.6 is 0 Å². The zero-order valence-electron chi connectivity index (χ0n) is 17.4. The highest BCUT2D eigenvalue weighted by molar-refractivity contribution is 7.89. The van der Waals surface area contributed by atoms with Crippen molar-refractivity contribution in [2.75, 3.05) is 13.1 Å². The number of aliphatic hydroxyl groups is 1. The number of urea groups is 1. The van der Waals surface area contributed by atoms with E-state index in [9.17, 15) is 18.3 Å². The molecule has 9 heteroatoms. The van der Waals surface area contributed by atoms with Crippen LogP contribution in [0.1, 0.15) is 38.5 Å². The highest BCUT2D eigenvalue weighted by Crippen LogP contribution is 2.36. The fourth-order valence-corrected chi connectivity index (χ4v) is 7.12. The van der Waals surface area contributed by atoms with Crippen molar-refractivity contribution in [2.24, 2.45) is 0 Å². The maximum Gasteiger partial charge on any atom is 0.318 e. The fraction of sp³-hybridized carbons (Fsp3) is 0.545. The van der Waals surface area contributed by atoms with Crippen LogP contribution in [0.25, 0.3) is 10.9 Å². The lowest BCUT2D eigenvalue weighted by atomic mass is 10.0. The molecule has 0 spiro atoms. The summed E-state index contributed by atoms with van der Waals surface area (Å²) in [6.45, 7) is 0.683. The fourth-order valence-electron chi connectivity index (χ4n) is 5.43. The number of nitrogens with zero attached hydrogens (tertiary/aromatic N) is 3. The second-order valence-corrected chi connectivity index (χ2v) is 10.8. The highest BCUT2D eigenvalue weighted by atomic mass is 32.2. The van der Waals surface area contributed by atoms with Crippen molar-refractivity contribution in [3.8, 4) is 0 Å². The van der Waals surface area contributed by atoms with Gasteiger partial charge in [-0.25, -0.2) is 13.2 Å². The molecule has 31 heavy (non-hydrogen) atoms. The number of amides is 2. The molecule has 3 unspecified atom stereocenters. The van der Waals surface area contributed by atoms with Crippen LogP contribution in [0, 0.1) is 0 Å². The molecule has 1 aromatic heterocycles. The Labute approximate surface area is 182 Å². The number of aromatic nitrogens is 1. The first-order valence-electron chi connectivity index (χ1n) is 11.0. The number of piperidine rings is 2. The molecule has 2 bridgehead atoms. The Kier molecular flexibility index (Phi) is 5.35. The molecule has 5 rings (SSSR count). The number of fused-ring (bicyclic) bond motifs is 3. The lowest BCUT2D eigenvalue weighted by Crippen LogP contribution is -2.57. The third kappa shape index (κ3) is 3.79. The van der Waals surface area contributed by atoms with E-state index in [1.165, 1.54) is 4.31 Å². The molecule has 3 aliphatic heterocycles. The number of nitrogens with one attached hydrogen (secondary N) is 1. The third-order valence-electron chi connectivity index (χ3n) is 6.87. The molecule has 2 amide bonds. The minimum absolute atomic E-state index is 0.0823. The van der Waals surface area contributed by atoms with E-state index in [-0.39, 0.29) is 41.7 Å². The monoisotopic (exact) mass is 444 g/mol. The average molecular weight is 445 g/mol. The second kappa shape index (κ2) is 8.03. The van der Waals surface area contributed by atoms with Crippen molar-refractivity contribution in [3.63, 3.8) is 0 Å². The minimum atomic E-state index is -3.73. The minimum Gasteiger partial charge on any atom is -0.393 e. The predicted octanol–water partition coefficient (Wildman–Crippen LogP) is 2.09. The molecule has 2 aromatic rings. The van der Waals surface area contributed by atoms with Gasteiger partial charge < -0.3 is 15.3 Å². The Hall–Kier alpha value is -2.23. The number of rotatable bonds is 3. The van der Waals surface area contributed by atoms with Crippen LogP contribution in [-0.4, -0.2) is 71.1 Å². The summed E-state index contributed by atoms with van der Waals surface area (Å²) in [6.07, 6.45) is 5.82. The Morgan fingerprint density at radius 2 is 1.84 bits per heavy atom. The molecule has 3 aliphatic rings. The summed E-state index contributed by atoms with van der Waals surface area (Å²) in [5.41, 5.74) is 0.472. The topological polar surface area (TPSA) is 103 Å². The Bertz CT molecular complexity index is 1070. The van der Waals surface area contributed by atoms with Gasteiger partial charge in [0.2, 0.25) is 10.0 Å². The number of hydrogen-bond acceptors (Lipinski definition) is 5. The molecule has 0 radical (unpaired) electrons. The van der Waals surface area contributed by atoms with Crippen LogP contribution in [0.3, 0.4) is 0 Å². The summed E-state index contributed by atoms with van der Waals surface area (Å²) < 4.78 is 28.3. The lowest BCUT2D eigenvalue weighted by Gasteiger charge is -2.39. The standard InChI is InChI=1S/C22H28N4O4S/c27-19-12-17-8-9-18(13-19)26(17)22(28)24-16-6-3-11-25(14-16)31(29,30)20-7-1-4-15-5-2-10-23-21(15)20/h1-2,4-5,7,10,16-19,27H,3,6,8-9,11-14H2,(H,24,28). The summed E-state index contributed by atoms with van der Waals surface area (Å²) in [5, 5.41) is 13.8. The molecule has 2 N–H and O–H groups in total. The first-order valence-corrected chi connectivity index (χ1v) is 12.5. The Morgan fingerprint density at radius 3 is 2.61 bits per heavy atom. The maximum absolute atomic E-state index is 13.4. The van der Waals surface area contributed by atoms with Crippen molar-refractivity contribution in [1.29, 1.82) is 0 Å². The molecule has 8 nitrogen and oxygen atoms in total. The molecular weight excluding hydrogens is 416 g/mol. The second-order valence-electron chi connectivity index (χ2n) is 8.90. The predicted molar refractivity (Wildman–Crippen MR) is 116 cm³/mol. The normalized spacial score (nSPS) is 29.3. The van der Waals surface area contributed by atoms with Gasteiger partial charge in [-0.2, -0.15) is 4.31 Å². The van der Waals surface area contributed by atoms with Crippen molar-refractivity contribution >= 4 is 27.0 Å². The average Bonchev–Trinajstić information content (AvgIpc) is 3.05. The zero-order chi connectivity index (χ0) is 21.6. The maximum atomic E-state index is 13.4. The van der Waals surface area contributed by atoms with Gasteiger partial charge in [-0.3, -0.25) is 4.98 Å². The number of para-hydroxylation sites is 1. The number of benzene rings is 1. The number of aliphatic hydroxyl groups excluding tert-OH is 1. The first-order chi connectivity index (χ1) is 14.9. The summed E-state index contributed by atoms with van der Waals surface area (Å²) in [7, 11) is -3.73. The number of carbonyl (C=O) groups is 1. The van der Waals surface area contributed by atoms with Crippen LogP contribution in [0.4, 0.5) is 4.79 Å². The molecule has 3 saturated heterocycles. The molecule has 0 saturated carbocycles. The summed E-state index contributed by atoms with van der Waals surface area (Å²) >= 11 is 0.